The van der Waals surface area contributed by atoms with Crippen LogP contribution in [-0.2, 0) is 9.63 Å². The van der Waals surface area contributed by atoms with Gasteiger partial charge in [-0.3, -0.25) is 9.59 Å². The fraction of sp³-hybridized carbons (Fsp3) is 0.125. The van der Waals surface area contributed by atoms with Gasteiger partial charge in [0.2, 0.25) is 5.78 Å². The van der Waals surface area contributed by atoms with E-state index in [-0.39, 0.29) is 17.3 Å². The SMILES string of the molecule is CC(=O)O/N=C(/CCSc1ccc(Cl)cc1)C(=O)c1ccc(Sc2ccc(C(=O)c3ccccc3C)cc2)cc1. The van der Waals surface area contributed by atoms with E-state index in [1.807, 2.05) is 91.9 Å². The Morgan fingerprint density at radius 1 is 0.775 bits per heavy atom. The number of carbonyl (C=O) groups is 3. The summed E-state index contributed by atoms with van der Waals surface area (Å²) in [6, 6.07) is 29.6. The first-order valence-electron chi connectivity index (χ1n) is 12.5. The minimum Gasteiger partial charge on any atom is -0.318 e. The predicted molar refractivity (Wildman–Crippen MR) is 162 cm³/mol. The van der Waals surface area contributed by atoms with E-state index in [0.717, 1.165) is 20.2 Å². The van der Waals surface area contributed by atoms with Crippen molar-refractivity contribution in [3.05, 3.63) is 124 Å². The Balaban J connectivity index is 1.39. The van der Waals surface area contributed by atoms with Gasteiger partial charge in [0.1, 0.15) is 5.71 Å². The van der Waals surface area contributed by atoms with Crippen molar-refractivity contribution in [1.82, 2.24) is 0 Å². The number of halogens is 1. The molecule has 40 heavy (non-hydrogen) atoms. The van der Waals surface area contributed by atoms with Gasteiger partial charge in [0.15, 0.2) is 5.78 Å². The number of thioether (sulfide) groups is 1. The summed E-state index contributed by atoms with van der Waals surface area (Å²) >= 11 is 9.02. The predicted octanol–water partition coefficient (Wildman–Crippen LogP) is 8.31. The van der Waals surface area contributed by atoms with Gasteiger partial charge >= 0.3 is 5.97 Å². The van der Waals surface area contributed by atoms with Gasteiger partial charge in [-0.15, -0.1) is 11.8 Å². The molecule has 0 N–H and O–H groups in total. The number of hydrogen-bond acceptors (Lipinski definition) is 7. The first-order valence-corrected chi connectivity index (χ1v) is 14.6. The topological polar surface area (TPSA) is 72.8 Å². The molecule has 0 unspecified atom stereocenters. The first kappa shape index (κ1) is 29.3. The lowest BCUT2D eigenvalue weighted by molar-refractivity contribution is -0.140. The zero-order chi connectivity index (χ0) is 28.5. The van der Waals surface area contributed by atoms with Crippen LogP contribution in [0.25, 0.3) is 0 Å². The zero-order valence-corrected chi connectivity index (χ0v) is 24.3. The van der Waals surface area contributed by atoms with Gasteiger partial charge in [-0.2, -0.15) is 0 Å². The Labute approximate surface area is 247 Å². The molecule has 0 saturated heterocycles. The molecule has 0 amide bonds. The molecule has 0 radical (unpaired) electrons. The van der Waals surface area contributed by atoms with Gasteiger partial charge in [-0.25, -0.2) is 4.79 Å². The van der Waals surface area contributed by atoms with E-state index in [1.165, 1.54) is 18.7 Å². The van der Waals surface area contributed by atoms with Gasteiger partial charge in [0.25, 0.3) is 0 Å². The van der Waals surface area contributed by atoms with Gasteiger partial charge in [0.05, 0.1) is 0 Å². The van der Waals surface area contributed by atoms with Crippen LogP contribution in [0.15, 0.2) is 117 Å². The second kappa shape index (κ2) is 14.1. The Morgan fingerprint density at radius 2 is 1.35 bits per heavy atom. The third-order valence-corrected chi connectivity index (χ3v) is 8.11. The van der Waals surface area contributed by atoms with E-state index in [2.05, 4.69) is 5.16 Å². The van der Waals surface area contributed by atoms with E-state index in [0.29, 0.717) is 33.9 Å². The number of aryl methyl sites for hydroxylation is 1. The second-order valence-corrected chi connectivity index (χ2v) is 11.5. The van der Waals surface area contributed by atoms with Crippen molar-refractivity contribution in [2.45, 2.75) is 35.0 Å². The van der Waals surface area contributed by atoms with Crippen molar-refractivity contribution < 1.29 is 19.2 Å². The quantitative estimate of drug-likeness (QED) is 0.0577. The number of rotatable bonds is 11. The van der Waals surface area contributed by atoms with Crippen molar-refractivity contribution in [1.29, 1.82) is 0 Å². The van der Waals surface area contributed by atoms with E-state index >= 15 is 0 Å². The summed E-state index contributed by atoms with van der Waals surface area (Å²) in [7, 11) is 0. The summed E-state index contributed by atoms with van der Waals surface area (Å²) in [5.74, 6) is -0.318. The molecule has 0 fully saturated rings. The fourth-order valence-corrected chi connectivity index (χ4v) is 5.55. The molecule has 0 bridgehead atoms. The average Bonchev–Trinajstić information content (AvgIpc) is 2.96. The Kier molecular flexibility index (Phi) is 10.4. The van der Waals surface area contributed by atoms with Crippen LogP contribution in [0.1, 0.15) is 45.2 Å². The van der Waals surface area contributed by atoms with Crippen LogP contribution in [0.5, 0.6) is 0 Å². The summed E-state index contributed by atoms with van der Waals surface area (Å²) < 4.78 is 0. The molecule has 0 heterocycles. The van der Waals surface area contributed by atoms with E-state index in [1.54, 1.807) is 23.9 Å². The maximum atomic E-state index is 13.2. The summed E-state index contributed by atoms with van der Waals surface area (Å²) in [5, 5.41) is 4.49. The molecule has 4 aromatic rings. The van der Waals surface area contributed by atoms with Crippen LogP contribution in [-0.4, -0.2) is 29.0 Å². The van der Waals surface area contributed by atoms with Crippen molar-refractivity contribution in [3.63, 3.8) is 0 Å². The Bertz CT molecular complexity index is 1530. The molecule has 0 aliphatic rings. The molecular weight excluding hydrogens is 562 g/mol. The molecule has 0 spiro atoms. The smallest absolute Gasteiger partial charge is 0.318 e. The van der Waals surface area contributed by atoms with Gasteiger partial charge in [-0.1, -0.05) is 52.8 Å². The van der Waals surface area contributed by atoms with E-state index in [9.17, 15) is 14.4 Å². The molecule has 4 aromatic carbocycles. The standard InChI is InChI=1S/C32H26ClNO4S2/c1-21-5-3-4-6-29(21)31(36)23-7-13-27(14-8-23)40-28-15-9-24(10-16-28)32(37)30(34-38-22(2)35)19-20-39-26-17-11-25(33)12-18-26/h3-18H,19-20H2,1-2H3/b34-30-. The van der Waals surface area contributed by atoms with Gasteiger partial charge in [0, 0.05) is 55.5 Å². The number of oxime groups is 1. The van der Waals surface area contributed by atoms with Crippen molar-refractivity contribution in [2.75, 3.05) is 5.75 Å². The molecule has 4 rings (SSSR count). The molecule has 0 atom stereocenters. The second-order valence-electron chi connectivity index (χ2n) is 8.80. The summed E-state index contributed by atoms with van der Waals surface area (Å²) in [6.07, 6.45) is 0.323. The lowest BCUT2D eigenvalue weighted by Gasteiger charge is -2.08. The van der Waals surface area contributed by atoms with E-state index < -0.39 is 5.97 Å². The summed E-state index contributed by atoms with van der Waals surface area (Å²) in [4.78, 5) is 45.1. The first-order chi connectivity index (χ1) is 19.3. The number of Topliss-reactive ketones (excluding diaryl/α,β-unsaturated/α-hetero) is 1. The molecule has 202 valence electrons. The van der Waals surface area contributed by atoms with E-state index in [4.69, 9.17) is 16.4 Å². The average molecular weight is 588 g/mol. The molecule has 0 aromatic heterocycles. The molecule has 8 heteroatoms. The Morgan fingerprint density at radius 3 is 1.95 bits per heavy atom. The molecule has 0 aliphatic heterocycles. The van der Waals surface area contributed by atoms with Crippen molar-refractivity contribution in [3.8, 4) is 0 Å². The minimum atomic E-state index is -0.589. The lowest BCUT2D eigenvalue weighted by atomic mass is 9.99. The number of ketones is 2. The maximum Gasteiger partial charge on any atom is 0.331 e. The van der Waals surface area contributed by atoms with Crippen molar-refractivity contribution in [2.24, 2.45) is 5.16 Å². The number of hydrogen-bond donors (Lipinski definition) is 0. The maximum absolute atomic E-state index is 13.2. The summed E-state index contributed by atoms with van der Waals surface area (Å²) in [5.41, 5.74) is 2.90. The van der Waals surface area contributed by atoms with Crippen LogP contribution < -0.4 is 0 Å². The number of carbonyl (C=O) groups excluding carboxylic acids is 3. The third-order valence-electron chi connectivity index (χ3n) is 5.83. The van der Waals surface area contributed by atoms with Crippen LogP contribution in [0.2, 0.25) is 5.02 Å². The largest absolute Gasteiger partial charge is 0.331 e. The minimum absolute atomic E-state index is 0.00435. The highest BCUT2D eigenvalue weighted by molar-refractivity contribution is 7.99. The van der Waals surface area contributed by atoms with Gasteiger partial charge in [-0.05, 0) is 85.3 Å². The summed E-state index contributed by atoms with van der Waals surface area (Å²) in [6.45, 7) is 3.17. The Hall–Kier alpha value is -3.65. The highest BCUT2D eigenvalue weighted by Gasteiger charge is 2.16. The normalized spacial score (nSPS) is 11.2. The fourth-order valence-electron chi connectivity index (χ4n) is 3.75. The third kappa shape index (κ3) is 8.18. The molecule has 5 nitrogen and oxygen atoms in total. The van der Waals surface area contributed by atoms with Crippen LogP contribution in [0.3, 0.4) is 0 Å². The van der Waals surface area contributed by atoms with Crippen LogP contribution >= 0.6 is 35.1 Å². The lowest BCUT2D eigenvalue weighted by Crippen LogP contribution is -2.16. The van der Waals surface area contributed by atoms with Crippen LogP contribution in [0.4, 0.5) is 0 Å². The molecule has 0 aliphatic carbocycles. The highest BCUT2D eigenvalue weighted by atomic mass is 35.5. The zero-order valence-electron chi connectivity index (χ0n) is 21.9. The monoisotopic (exact) mass is 587 g/mol. The molecular formula is C32H26ClNO4S2. The van der Waals surface area contributed by atoms with Crippen LogP contribution in [0, 0.1) is 6.92 Å². The highest BCUT2D eigenvalue weighted by Crippen LogP contribution is 2.29. The number of benzene rings is 4. The molecule has 0 saturated carbocycles. The van der Waals surface area contributed by atoms with Gasteiger partial charge < -0.3 is 4.84 Å². The van der Waals surface area contributed by atoms with Crippen molar-refractivity contribution >= 4 is 58.4 Å². The number of nitrogens with zero attached hydrogens (tertiary/aromatic N) is 1.